The van der Waals surface area contributed by atoms with Crippen LogP contribution in [0.5, 0.6) is 0 Å². The average molecular weight is 306 g/mol. The Balaban J connectivity index is 0.00000361. The van der Waals surface area contributed by atoms with Crippen LogP contribution in [-0.2, 0) is 9.59 Å². The van der Waals surface area contributed by atoms with E-state index in [2.05, 4.69) is 5.32 Å². The first-order valence-electron chi connectivity index (χ1n) is 7.07. The van der Waals surface area contributed by atoms with Crippen LogP contribution >= 0.6 is 12.4 Å². The summed E-state index contributed by atoms with van der Waals surface area (Å²) >= 11 is 0. The number of nitrogens with one attached hydrogen (secondary N) is 1. The minimum absolute atomic E-state index is 0. The molecule has 1 fully saturated rings. The molecule has 0 aliphatic carbocycles. The Morgan fingerprint density at radius 1 is 1.30 bits per heavy atom. The van der Waals surface area contributed by atoms with Crippen molar-refractivity contribution in [2.24, 2.45) is 17.1 Å². The molecule has 118 valence electrons. The number of carbonyl (C=O) groups excluding carboxylic acids is 2. The molecule has 0 bridgehead atoms. The Morgan fingerprint density at radius 2 is 1.80 bits per heavy atom. The summed E-state index contributed by atoms with van der Waals surface area (Å²) in [7, 11) is 0. The fraction of sp³-hybridized carbons (Fsp3) is 0.857. The van der Waals surface area contributed by atoms with Crippen molar-refractivity contribution in [3.05, 3.63) is 0 Å². The Hall–Kier alpha value is -0.810. The van der Waals surface area contributed by atoms with E-state index in [1.807, 2.05) is 32.6 Å². The van der Waals surface area contributed by atoms with Crippen molar-refractivity contribution in [2.45, 2.75) is 46.6 Å². The van der Waals surface area contributed by atoms with E-state index in [-0.39, 0.29) is 36.2 Å². The number of halogens is 1. The minimum Gasteiger partial charge on any atom is -0.353 e. The second kappa shape index (κ2) is 7.84. The van der Waals surface area contributed by atoms with Crippen LogP contribution in [0.15, 0.2) is 0 Å². The highest BCUT2D eigenvalue weighted by molar-refractivity contribution is 5.85. The summed E-state index contributed by atoms with van der Waals surface area (Å²) in [6.45, 7) is 9.28. The fourth-order valence-electron chi connectivity index (χ4n) is 2.11. The summed E-state index contributed by atoms with van der Waals surface area (Å²) in [6.07, 6.45) is 1.65. The summed E-state index contributed by atoms with van der Waals surface area (Å²) in [6, 6.07) is 0.194. The lowest BCUT2D eigenvalue weighted by molar-refractivity contribution is -0.141. The lowest BCUT2D eigenvalue weighted by Crippen LogP contribution is -2.51. The molecule has 0 spiro atoms. The van der Waals surface area contributed by atoms with Gasteiger partial charge in [0, 0.05) is 31.6 Å². The third-order valence-electron chi connectivity index (χ3n) is 3.74. The number of nitrogens with two attached hydrogens (primary N) is 1. The zero-order valence-electron chi connectivity index (χ0n) is 12.9. The number of amides is 2. The van der Waals surface area contributed by atoms with Crippen molar-refractivity contribution in [3.63, 3.8) is 0 Å². The first-order valence-corrected chi connectivity index (χ1v) is 7.07. The molecular formula is C14H28ClN3O2. The van der Waals surface area contributed by atoms with Crippen molar-refractivity contribution in [2.75, 3.05) is 19.6 Å². The van der Waals surface area contributed by atoms with Gasteiger partial charge in [-0.15, -0.1) is 12.4 Å². The Kier molecular flexibility index (Phi) is 7.52. The maximum absolute atomic E-state index is 12.2. The third-order valence-corrected chi connectivity index (χ3v) is 3.74. The zero-order chi connectivity index (χ0) is 14.6. The molecule has 1 aliphatic heterocycles. The lowest BCUT2D eigenvalue weighted by atomic mass is 9.90. The lowest BCUT2D eigenvalue weighted by Gasteiger charge is -2.37. The predicted octanol–water partition coefficient (Wildman–Crippen LogP) is 1.16. The molecule has 1 rings (SSSR count). The molecule has 1 aliphatic rings. The van der Waals surface area contributed by atoms with E-state index < -0.39 is 5.41 Å². The molecule has 0 aromatic rings. The number of nitrogens with zero attached hydrogens (tertiary/aromatic N) is 1. The fourth-order valence-corrected chi connectivity index (χ4v) is 2.11. The van der Waals surface area contributed by atoms with Gasteiger partial charge in [-0.1, -0.05) is 13.8 Å². The number of likely N-dealkylation sites (tertiary alicyclic amines) is 1. The van der Waals surface area contributed by atoms with Crippen LogP contribution in [0.25, 0.3) is 0 Å². The van der Waals surface area contributed by atoms with E-state index in [0.717, 1.165) is 12.8 Å². The van der Waals surface area contributed by atoms with Crippen LogP contribution in [0.4, 0.5) is 0 Å². The van der Waals surface area contributed by atoms with E-state index in [4.69, 9.17) is 5.73 Å². The van der Waals surface area contributed by atoms with Gasteiger partial charge in [0.25, 0.3) is 0 Å². The molecule has 5 nitrogen and oxygen atoms in total. The monoisotopic (exact) mass is 305 g/mol. The van der Waals surface area contributed by atoms with Gasteiger partial charge in [-0.3, -0.25) is 9.59 Å². The van der Waals surface area contributed by atoms with Crippen LogP contribution in [0.1, 0.15) is 40.5 Å². The van der Waals surface area contributed by atoms with Crippen molar-refractivity contribution in [3.8, 4) is 0 Å². The average Bonchev–Trinajstić information content (AvgIpc) is 2.38. The molecule has 1 heterocycles. The number of carbonyl (C=O) groups is 2. The molecule has 3 N–H and O–H groups in total. The highest BCUT2D eigenvalue weighted by atomic mass is 35.5. The maximum Gasteiger partial charge on any atom is 0.229 e. The number of hydrogen-bond donors (Lipinski definition) is 2. The normalized spacial score (nSPS) is 16.8. The summed E-state index contributed by atoms with van der Waals surface area (Å²) in [5.74, 6) is 0.214. The van der Waals surface area contributed by atoms with Gasteiger partial charge in [0.2, 0.25) is 11.8 Å². The van der Waals surface area contributed by atoms with Crippen LogP contribution in [-0.4, -0.2) is 42.4 Å². The van der Waals surface area contributed by atoms with Crippen molar-refractivity contribution >= 4 is 24.2 Å². The number of hydrogen-bond acceptors (Lipinski definition) is 3. The molecule has 0 unspecified atom stereocenters. The van der Waals surface area contributed by atoms with E-state index in [9.17, 15) is 9.59 Å². The smallest absolute Gasteiger partial charge is 0.229 e. The quantitative estimate of drug-likeness (QED) is 0.818. The Morgan fingerprint density at radius 3 is 2.20 bits per heavy atom. The van der Waals surface area contributed by atoms with Crippen LogP contribution < -0.4 is 11.1 Å². The molecule has 0 aromatic heterocycles. The molecule has 1 saturated heterocycles. The van der Waals surface area contributed by atoms with Gasteiger partial charge in [0.05, 0.1) is 5.41 Å². The van der Waals surface area contributed by atoms with Crippen LogP contribution in [0, 0.1) is 11.3 Å². The van der Waals surface area contributed by atoms with Gasteiger partial charge >= 0.3 is 0 Å². The standard InChI is InChI=1S/C14H27N3O2.ClH/c1-10(2)12(18)16-11-5-7-17(8-6-11)13(19)14(3,4)9-15;/h10-11H,5-9,15H2,1-4H3,(H,16,18);1H. The van der Waals surface area contributed by atoms with E-state index >= 15 is 0 Å². The summed E-state index contributed by atoms with van der Waals surface area (Å²) < 4.78 is 0. The predicted molar refractivity (Wildman–Crippen MR) is 82.7 cm³/mol. The van der Waals surface area contributed by atoms with Gasteiger partial charge in [-0.05, 0) is 26.7 Å². The topological polar surface area (TPSA) is 75.4 Å². The van der Waals surface area contributed by atoms with Crippen molar-refractivity contribution in [1.82, 2.24) is 10.2 Å². The second-order valence-electron chi connectivity index (χ2n) is 6.32. The largest absolute Gasteiger partial charge is 0.353 e. The molecule has 0 atom stereocenters. The Labute approximate surface area is 128 Å². The Bertz CT molecular complexity index is 337. The third kappa shape index (κ3) is 4.94. The molecule has 0 radical (unpaired) electrons. The highest BCUT2D eigenvalue weighted by Crippen LogP contribution is 2.20. The van der Waals surface area contributed by atoms with Crippen LogP contribution in [0.2, 0.25) is 0 Å². The number of piperidine rings is 1. The molecule has 20 heavy (non-hydrogen) atoms. The zero-order valence-corrected chi connectivity index (χ0v) is 13.8. The van der Waals surface area contributed by atoms with Gasteiger partial charge in [-0.2, -0.15) is 0 Å². The molecule has 6 heteroatoms. The number of rotatable bonds is 4. The SMILES string of the molecule is CC(C)C(=O)NC1CCN(C(=O)C(C)(C)CN)CC1.Cl. The van der Waals surface area contributed by atoms with Gasteiger partial charge in [0.1, 0.15) is 0 Å². The van der Waals surface area contributed by atoms with E-state index in [1.54, 1.807) is 0 Å². The molecular weight excluding hydrogens is 278 g/mol. The van der Waals surface area contributed by atoms with Gasteiger partial charge < -0.3 is 16.0 Å². The van der Waals surface area contributed by atoms with Crippen LogP contribution in [0.3, 0.4) is 0 Å². The molecule has 0 saturated carbocycles. The van der Waals surface area contributed by atoms with E-state index in [0.29, 0.717) is 19.6 Å². The molecule has 0 aromatic carbocycles. The second-order valence-corrected chi connectivity index (χ2v) is 6.32. The summed E-state index contributed by atoms with van der Waals surface area (Å²) in [5, 5.41) is 3.03. The first kappa shape index (κ1) is 19.2. The highest BCUT2D eigenvalue weighted by Gasteiger charge is 2.33. The summed E-state index contributed by atoms with van der Waals surface area (Å²) in [4.78, 5) is 25.7. The van der Waals surface area contributed by atoms with Crippen molar-refractivity contribution in [1.29, 1.82) is 0 Å². The molecule has 2 amide bonds. The summed E-state index contributed by atoms with van der Waals surface area (Å²) in [5.41, 5.74) is 5.14. The minimum atomic E-state index is -0.492. The van der Waals surface area contributed by atoms with E-state index in [1.165, 1.54) is 0 Å². The maximum atomic E-state index is 12.2. The first-order chi connectivity index (χ1) is 8.77. The van der Waals surface area contributed by atoms with Crippen molar-refractivity contribution < 1.29 is 9.59 Å². The van der Waals surface area contributed by atoms with Gasteiger partial charge in [0.15, 0.2) is 0 Å². The van der Waals surface area contributed by atoms with Gasteiger partial charge in [-0.25, -0.2) is 0 Å².